The first-order chi connectivity index (χ1) is 9.36. The van der Waals surface area contributed by atoms with E-state index in [2.05, 4.69) is 43.1 Å². The van der Waals surface area contributed by atoms with Crippen LogP contribution in [0.25, 0.3) is 0 Å². The highest BCUT2D eigenvalue weighted by molar-refractivity contribution is 5.23. The van der Waals surface area contributed by atoms with E-state index in [1.165, 1.54) is 43.5 Å². The van der Waals surface area contributed by atoms with Crippen molar-refractivity contribution in [2.75, 3.05) is 20.2 Å². The van der Waals surface area contributed by atoms with Crippen molar-refractivity contribution in [1.29, 1.82) is 0 Å². The van der Waals surface area contributed by atoms with Gasteiger partial charge < -0.3 is 10.4 Å². The fourth-order valence-corrected chi connectivity index (χ4v) is 1.88. The maximum Gasteiger partial charge on any atom is 0.0319 e. The van der Waals surface area contributed by atoms with Gasteiger partial charge >= 0.3 is 0 Å². The smallest absolute Gasteiger partial charge is 0.0319 e. The Bertz CT molecular complexity index is 290. The van der Waals surface area contributed by atoms with E-state index in [1.54, 1.807) is 0 Å². The minimum absolute atomic E-state index is 0.976. The predicted molar refractivity (Wildman–Crippen MR) is 84.6 cm³/mol. The molecule has 2 N–H and O–H groups in total. The zero-order chi connectivity index (χ0) is 14.3. The number of benzene rings is 1. The third-order valence-corrected chi connectivity index (χ3v) is 3.02. The predicted octanol–water partition coefficient (Wildman–Crippen LogP) is 3.35. The molecule has 1 aromatic rings. The van der Waals surface area contributed by atoms with Crippen molar-refractivity contribution in [3.63, 3.8) is 0 Å². The van der Waals surface area contributed by atoms with Crippen molar-refractivity contribution < 1.29 is 5.11 Å². The van der Waals surface area contributed by atoms with Gasteiger partial charge in [0.1, 0.15) is 0 Å². The lowest BCUT2D eigenvalue weighted by Crippen LogP contribution is -2.21. The van der Waals surface area contributed by atoms with Gasteiger partial charge in [0, 0.05) is 7.11 Å². The van der Waals surface area contributed by atoms with E-state index in [0.717, 1.165) is 20.0 Å². The molecule has 19 heavy (non-hydrogen) atoms. The Kier molecular flexibility index (Phi) is 12.5. The summed E-state index contributed by atoms with van der Waals surface area (Å²) in [5.41, 5.74) is 2.75. The quantitative estimate of drug-likeness (QED) is 0.820. The van der Waals surface area contributed by atoms with Crippen molar-refractivity contribution in [2.45, 2.75) is 39.0 Å². The van der Waals surface area contributed by atoms with Gasteiger partial charge in [-0.05, 0) is 49.9 Å². The summed E-state index contributed by atoms with van der Waals surface area (Å²) in [4.78, 5) is 0. The van der Waals surface area contributed by atoms with E-state index in [9.17, 15) is 0 Å². The van der Waals surface area contributed by atoms with Gasteiger partial charge in [-0.25, -0.2) is 0 Å². The summed E-state index contributed by atoms with van der Waals surface area (Å²) in [6.45, 7) is 8.37. The molecule has 2 heteroatoms. The summed E-state index contributed by atoms with van der Waals surface area (Å²) in [5, 5.41) is 10.3. The molecule has 0 aromatic heterocycles. The lowest BCUT2D eigenvalue weighted by Gasteiger charge is -2.08. The van der Waals surface area contributed by atoms with Gasteiger partial charge in [0.05, 0.1) is 0 Å². The third kappa shape index (κ3) is 9.46. The van der Waals surface area contributed by atoms with Crippen molar-refractivity contribution >= 4 is 0 Å². The number of hydrogen-bond acceptors (Lipinski definition) is 2. The van der Waals surface area contributed by atoms with Crippen LogP contribution >= 0.6 is 0 Å². The molecule has 0 spiro atoms. The molecule has 0 saturated carbocycles. The molecule has 1 fully saturated rings. The number of aryl methyl sites for hydroxylation is 1. The Morgan fingerprint density at radius 3 is 1.89 bits per heavy atom. The number of aliphatic hydroxyl groups is 1. The first-order valence-electron chi connectivity index (χ1n) is 7.21. The second kappa shape index (κ2) is 13.3. The van der Waals surface area contributed by atoms with Gasteiger partial charge in [0.25, 0.3) is 0 Å². The van der Waals surface area contributed by atoms with Crippen LogP contribution < -0.4 is 5.32 Å². The van der Waals surface area contributed by atoms with E-state index in [-0.39, 0.29) is 0 Å². The zero-order valence-corrected chi connectivity index (χ0v) is 12.5. The van der Waals surface area contributed by atoms with Crippen molar-refractivity contribution in [1.82, 2.24) is 5.32 Å². The van der Waals surface area contributed by atoms with Crippen LogP contribution in [0.15, 0.2) is 36.9 Å². The second-order valence-corrected chi connectivity index (χ2v) is 4.47. The van der Waals surface area contributed by atoms with Gasteiger partial charge in [-0.3, -0.25) is 0 Å². The highest BCUT2D eigenvalue weighted by Gasteiger charge is 1.93. The summed E-state index contributed by atoms with van der Waals surface area (Å²) < 4.78 is 0. The first kappa shape index (κ1) is 17.9. The van der Waals surface area contributed by atoms with Crippen LogP contribution in [0.5, 0.6) is 0 Å². The van der Waals surface area contributed by atoms with Gasteiger partial charge in [-0.2, -0.15) is 0 Å². The van der Waals surface area contributed by atoms with Crippen molar-refractivity contribution in [2.24, 2.45) is 0 Å². The van der Waals surface area contributed by atoms with Crippen LogP contribution in [-0.4, -0.2) is 25.3 Å². The van der Waals surface area contributed by atoms with E-state index in [1.807, 2.05) is 6.08 Å². The fourth-order valence-electron chi connectivity index (χ4n) is 1.88. The molecule has 0 radical (unpaired) electrons. The number of allylic oxidation sites excluding steroid dienone is 1. The largest absolute Gasteiger partial charge is 0.400 e. The molecule has 2 rings (SSSR count). The Labute approximate surface area is 118 Å². The van der Waals surface area contributed by atoms with Crippen LogP contribution in [0.4, 0.5) is 0 Å². The lowest BCUT2D eigenvalue weighted by atomic mass is 10.1. The molecular weight excluding hydrogens is 234 g/mol. The van der Waals surface area contributed by atoms with Gasteiger partial charge in [-0.15, -0.1) is 6.58 Å². The zero-order valence-electron chi connectivity index (χ0n) is 12.5. The standard InChI is InChI=1S/C11H14.C5H11N.CH4O/c1-3-5-11-8-6-10(4-2)7-9-11;1-2-4-6-5-3-1;1-2/h3,6-9H,1,4-5H2,2H3;6H,1-5H2;2H,1H3. The Balaban J connectivity index is 0.000000341. The van der Waals surface area contributed by atoms with Crippen LogP contribution in [-0.2, 0) is 12.8 Å². The molecule has 1 aliphatic rings. The SMILES string of the molecule is C1CCNCC1.C=CCc1ccc(CC)cc1.CO. The number of hydrogen-bond donors (Lipinski definition) is 2. The molecular formula is C17H29NO. The van der Waals surface area contributed by atoms with Gasteiger partial charge in [-0.1, -0.05) is 43.7 Å². The normalized spacial score (nSPS) is 13.4. The molecule has 2 nitrogen and oxygen atoms in total. The van der Waals surface area contributed by atoms with Gasteiger partial charge in [0.15, 0.2) is 0 Å². The van der Waals surface area contributed by atoms with Crippen molar-refractivity contribution in [3.8, 4) is 0 Å². The minimum atomic E-state index is 0.976. The Morgan fingerprint density at radius 1 is 1.05 bits per heavy atom. The average Bonchev–Trinajstić information content (AvgIpc) is 2.53. The molecule has 1 aromatic carbocycles. The molecule has 0 amide bonds. The summed E-state index contributed by atoms with van der Waals surface area (Å²) >= 11 is 0. The van der Waals surface area contributed by atoms with E-state index < -0.39 is 0 Å². The van der Waals surface area contributed by atoms with Crippen LogP contribution in [0.2, 0.25) is 0 Å². The summed E-state index contributed by atoms with van der Waals surface area (Å²) in [5.74, 6) is 0. The van der Waals surface area contributed by atoms with Gasteiger partial charge in [0.2, 0.25) is 0 Å². The molecule has 108 valence electrons. The van der Waals surface area contributed by atoms with Crippen molar-refractivity contribution in [3.05, 3.63) is 48.0 Å². The average molecular weight is 263 g/mol. The topological polar surface area (TPSA) is 32.3 Å². The molecule has 0 bridgehead atoms. The van der Waals surface area contributed by atoms with E-state index >= 15 is 0 Å². The highest BCUT2D eigenvalue weighted by Crippen LogP contribution is 2.05. The number of rotatable bonds is 3. The third-order valence-electron chi connectivity index (χ3n) is 3.02. The van der Waals surface area contributed by atoms with Crippen LogP contribution in [0.3, 0.4) is 0 Å². The Hall–Kier alpha value is -1.12. The van der Waals surface area contributed by atoms with Crippen LogP contribution in [0.1, 0.15) is 37.3 Å². The molecule has 0 atom stereocenters. The number of piperidine rings is 1. The molecule has 1 saturated heterocycles. The maximum absolute atomic E-state index is 7.00. The fraction of sp³-hybridized carbons (Fsp3) is 0.529. The molecule has 1 aliphatic heterocycles. The summed E-state index contributed by atoms with van der Waals surface area (Å²) in [6, 6.07) is 8.69. The summed E-state index contributed by atoms with van der Waals surface area (Å²) in [6.07, 6.45) is 8.24. The maximum atomic E-state index is 7.00. The first-order valence-corrected chi connectivity index (χ1v) is 7.21. The highest BCUT2D eigenvalue weighted by atomic mass is 16.2. The molecule has 0 aliphatic carbocycles. The lowest BCUT2D eigenvalue weighted by molar-refractivity contribution is 0.399. The monoisotopic (exact) mass is 263 g/mol. The molecule has 1 heterocycles. The summed E-state index contributed by atoms with van der Waals surface area (Å²) in [7, 11) is 1.00. The second-order valence-electron chi connectivity index (χ2n) is 4.47. The number of nitrogens with one attached hydrogen (secondary N) is 1. The minimum Gasteiger partial charge on any atom is -0.400 e. The van der Waals surface area contributed by atoms with E-state index in [0.29, 0.717) is 0 Å². The molecule has 0 unspecified atom stereocenters. The number of aliphatic hydroxyl groups excluding tert-OH is 1. The van der Waals surface area contributed by atoms with E-state index in [4.69, 9.17) is 5.11 Å². The van der Waals surface area contributed by atoms with Crippen LogP contribution in [0, 0.1) is 0 Å². The Morgan fingerprint density at radius 2 is 1.58 bits per heavy atom.